The molecule has 4 nitrogen and oxygen atoms in total. The third-order valence-electron chi connectivity index (χ3n) is 4.52. The maximum Gasteiger partial charge on any atom is 0.0856 e. The molecule has 1 aliphatic rings. The molecule has 1 aromatic heterocycles. The lowest BCUT2D eigenvalue weighted by molar-refractivity contribution is -0.0271. The first-order valence-corrected chi connectivity index (χ1v) is 8.07. The maximum atomic E-state index is 10.4. The van der Waals surface area contributed by atoms with Crippen LogP contribution in [0, 0.1) is 5.92 Å². The molecule has 114 valence electrons. The van der Waals surface area contributed by atoms with E-state index in [1.54, 1.807) is 0 Å². The van der Waals surface area contributed by atoms with E-state index in [-0.39, 0.29) is 5.92 Å². The van der Waals surface area contributed by atoms with Gasteiger partial charge < -0.3 is 10.2 Å². The first-order chi connectivity index (χ1) is 9.65. The summed E-state index contributed by atoms with van der Waals surface area (Å²) in [6.07, 6.45) is 5.85. The van der Waals surface area contributed by atoms with E-state index < -0.39 is 12.2 Å². The Balaban J connectivity index is 1.99. The molecule has 0 aliphatic heterocycles. The third-order valence-corrected chi connectivity index (χ3v) is 4.52. The van der Waals surface area contributed by atoms with Crippen LogP contribution in [0.2, 0.25) is 0 Å². The van der Waals surface area contributed by atoms with Crippen LogP contribution in [0.15, 0.2) is 6.07 Å². The molecule has 2 rings (SSSR count). The second-order valence-corrected chi connectivity index (χ2v) is 5.96. The molecule has 0 aromatic carbocycles. The molecule has 2 unspecified atom stereocenters. The fourth-order valence-corrected chi connectivity index (χ4v) is 3.25. The first-order valence-electron chi connectivity index (χ1n) is 8.07. The number of aliphatic hydroxyl groups excluding tert-OH is 2. The van der Waals surface area contributed by atoms with Crippen LogP contribution in [0.5, 0.6) is 0 Å². The van der Waals surface area contributed by atoms with E-state index in [9.17, 15) is 10.2 Å². The predicted molar refractivity (Wildman–Crippen MR) is 79.6 cm³/mol. The van der Waals surface area contributed by atoms with Gasteiger partial charge in [-0.1, -0.05) is 26.2 Å². The summed E-state index contributed by atoms with van der Waals surface area (Å²) in [6.45, 7) is 4.95. The van der Waals surface area contributed by atoms with Gasteiger partial charge in [0.15, 0.2) is 0 Å². The molecule has 1 fully saturated rings. The highest BCUT2D eigenvalue weighted by Gasteiger charge is 2.28. The summed E-state index contributed by atoms with van der Waals surface area (Å²) in [5, 5.41) is 25.2. The first kappa shape index (κ1) is 15.5. The summed E-state index contributed by atoms with van der Waals surface area (Å²) in [5.41, 5.74) is 2.09. The SMILES string of the molecule is CCc1cc(CC(O)C(O)C2CCCCC2)n(CC)n1. The van der Waals surface area contributed by atoms with E-state index in [1.807, 2.05) is 4.68 Å². The Bertz CT molecular complexity index is 411. The lowest BCUT2D eigenvalue weighted by Gasteiger charge is -2.29. The summed E-state index contributed by atoms with van der Waals surface area (Å²) < 4.78 is 1.94. The molecular formula is C16H28N2O2. The topological polar surface area (TPSA) is 58.3 Å². The fourth-order valence-electron chi connectivity index (χ4n) is 3.25. The van der Waals surface area contributed by atoms with Crippen molar-refractivity contribution in [3.63, 3.8) is 0 Å². The molecule has 0 amide bonds. The Morgan fingerprint density at radius 1 is 1.25 bits per heavy atom. The predicted octanol–water partition coefficient (Wildman–Crippen LogP) is 2.31. The second-order valence-electron chi connectivity index (χ2n) is 5.96. The number of nitrogens with zero attached hydrogens (tertiary/aromatic N) is 2. The van der Waals surface area contributed by atoms with Crippen molar-refractivity contribution < 1.29 is 10.2 Å². The van der Waals surface area contributed by atoms with Gasteiger partial charge in [-0.25, -0.2) is 0 Å². The van der Waals surface area contributed by atoms with Crippen LogP contribution < -0.4 is 0 Å². The van der Waals surface area contributed by atoms with Crippen molar-refractivity contribution in [2.45, 2.75) is 77.5 Å². The van der Waals surface area contributed by atoms with Crippen molar-refractivity contribution in [1.82, 2.24) is 9.78 Å². The van der Waals surface area contributed by atoms with E-state index in [1.165, 1.54) is 19.3 Å². The average Bonchev–Trinajstić information content (AvgIpc) is 2.89. The highest BCUT2D eigenvalue weighted by molar-refractivity contribution is 5.12. The van der Waals surface area contributed by atoms with Gasteiger partial charge in [0.2, 0.25) is 0 Å². The number of hydrogen-bond acceptors (Lipinski definition) is 3. The maximum absolute atomic E-state index is 10.4. The Kier molecular flexibility index (Phi) is 5.61. The van der Waals surface area contributed by atoms with Crippen LogP contribution in [-0.2, 0) is 19.4 Å². The van der Waals surface area contributed by atoms with Gasteiger partial charge in [-0.05, 0) is 38.2 Å². The number of aliphatic hydroxyl groups is 2. The number of aromatic nitrogens is 2. The molecule has 0 bridgehead atoms. The lowest BCUT2D eigenvalue weighted by Crippen LogP contribution is -2.36. The molecule has 0 saturated heterocycles. The van der Waals surface area contributed by atoms with Crippen molar-refractivity contribution in [3.05, 3.63) is 17.5 Å². The van der Waals surface area contributed by atoms with Crippen LogP contribution in [0.1, 0.15) is 57.3 Å². The summed E-state index contributed by atoms with van der Waals surface area (Å²) in [6, 6.07) is 2.06. The van der Waals surface area contributed by atoms with E-state index >= 15 is 0 Å². The van der Waals surface area contributed by atoms with E-state index in [0.717, 1.165) is 37.2 Å². The highest BCUT2D eigenvalue weighted by Crippen LogP contribution is 2.28. The zero-order chi connectivity index (χ0) is 14.5. The highest BCUT2D eigenvalue weighted by atomic mass is 16.3. The van der Waals surface area contributed by atoms with Gasteiger partial charge in [-0.2, -0.15) is 5.10 Å². The van der Waals surface area contributed by atoms with Crippen LogP contribution in [0.4, 0.5) is 0 Å². The fraction of sp³-hybridized carbons (Fsp3) is 0.812. The van der Waals surface area contributed by atoms with E-state index in [2.05, 4.69) is 25.0 Å². The smallest absolute Gasteiger partial charge is 0.0856 e. The second kappa shape index (κ2) is 7.23. The van der Waals surface area contributed by atoms with Crippen molar-refractivity contribution in [3.8, 4) is 0 Å². The molecule has 1 aliphatic carbocycles. The zero-order valence-electron chi connectivity index (χ0n) is 12.8. The van der Waals surface area contributed by atoms with Gasteiger partial charge in [0.05, 0.1) is 17.9 Å². The summed E-state index contributed by atoms with van der Waals surface area (Å²) in [5.74, 6) is 0.266. The van der Waals surface area contributed by atoms with Crippen LogP contribution in [0.25, 0.3) is 0 Å². The van der Waals surface area contributed by atoms with Gasteiger partial charge in [0, 0.05) is 18.7 Å². The van der Waals surface area contributed by atoms with E-state index in [4.69, 9.17) is 0 Å². The standard InChI is InChI=1S/C16H28N2O2/c1-3-13-10-14(18(4-2)17-13)11-15(19)16(20)12-8-6-5-7-9-12/h10,12,15-16,19-20H,3-9,11H2,1-2H3. The molecule has 20 heavy (non-hydrogen) atoms. The Morgan fingerprint density at radius 3 is 2.55 bits per heavy atom. The summed E-state index contributed by atoms with van der Waals surface area (Å²) >= 11 is 0. The lowest BCUT2D eigenvalue weighted by atomic mass is 9.82. The van der Waals surface area contributed by atoms with Gasteiger partial charge in [-0.3, -0.25) is 4.68 Å². The number of aryl methyl sites for hydroxylation is 2. The van der Waals surface area contributed by atoms with Crippen molar-refractivity contribution in [1.29, 1.82) is 0 Å². The van der Waals surface area contributed by atoms with Gasteiger partial charge in [0.25, 0.3) is 0 Å². The Morgan fingerprint density at radius 2 is 1.95 bits per heavy atom. The van der Waals surface area contributed by atoms with E-state index in [0.29, 0.717) is 6.42 Å². The van der Waals surface area contributed by atoms with Crippen LogP contribution in [-0.4, -0.2) is 32.2 Å². The largest absolute Gasteiger partial charge is 0.390 e. The molecule has 0 spiro atoms. The average molecular weight is 280 g/mol. The third kappa shape index (κ3) is 3.61. The van der Waals surface area contributed by atoms with Crippen LogP contribution >= 0.6 is 0 Å². The quantitative estimate of drug-likeness (QED) is 0.840. The molecule has 1 saturated carbocycles. The summed E-state index contributed by atoms with van der Waals surface area (Å²) in [7, 11) is 0. The number of rotatable bonds is 6. The van der Waals surface area contributed by atoms with Crippen molar-refractivity contribution in [2.24, 2.45) is 5.92 Å². The van der Waals surface area contributed by atoms with Crippen LogP contribution in [0.3, 0.4) is 0 Å². The molecule has 1 heterocycles. The van der Waals surface area contributed by atoms with Gasteiger partial charge >= 0.3 is 0 Å². The minimum Gasteiger partial charge on any atom is -0.390 e. The Labute approximate surface area is 121 Å². The minimum absolute atomic E-state index is 0.266. The minimum atomic E-state index is -0.676. The molecule has 2 atom stereocenters. The molecule has 0 radical (unpaired) electrons. The number of hydrogen-bond donors (Lipinski definition) is 2. The van der Waals surface area contributed by atoms with Crippen molar-refractivity contribution >= 4 is 0 Å². The normalized spacial score (nSPS) is 20.0. The molecular weight excluding hydrogens is 252 g/mol. The van der Waals surface area contributed by atoms with Gasteiger partial charge in [0.1, 0.15) is 0 Å². The molecule has 2 N–H and O–H groups in total. The summed E-state index contributed by atoms with van der Waals surface area (Å²) in [4.78, 5) is 0. The van der Waals surface area contributed by atoms with Crippen molar-refractivity contribution in [2.75, 3.05) is 0 Å². The van der Waals surface area contributed by atoms with Gasteiger partial charge in [-0.15, -0.1) is 0 Å². The Hall–Kier alpha value is -0.870. The molecule has 1 aromatic rings. The monoisotopic (exact) mass is 280 g/mol. The zero-order valence-corrected chi connectivity index (χ0v) is 12.8. The molecule has 4 heteroatoms.